The molecule has 76 valence electrons. The van der Waals surface area contributed by atoms with E-state index in [2.05, 4.69) is 24.3 Å². The summed E-state index contributed by atoms with van der Waals surface area (Å²) in [6.45, 7) is 0. The molecule has 1 aromatic rings. The lowest BCUT2D eigenvalue weighted by atomic mass is 9.87. The summed E-state index contributed by atoms with van der Waals surface area (Å²) in [6.07, 6.45) is 2.44. The monoisotopic (exact) mass is 192 g/mol. The van der Waals surface area contributed by atoms with Gasteiger partial charge in [-0.15, -0.1) is 0 Å². The second-order valence-electron chi connectivity index (χ2n) is 3.67. The number of ether oxygens (including phenoxy) is 2. The van der Waals surface area contributed by atoms with Crippen molar-refractivity contribution in [2.45, 2.75) is 25.0 Å². The maximum Gasteiger partial charge on any atom is 0.108 e. The molecule has 0 amide bonds. The Morgan fingerprint density at radius 1 is 1.14 bits per heavy atom. The number of benzene rings is 1. The van der Waals surface area contributed by atoms with Crippen molar-refractivity contribution in [2.75, 3.05) is 14.2 Å². The van der Waals surface area contributed by atoms with Gasteiger partial charge in [-0.2, -0.15) is 0 Å². The summed E-state index contributed by atoms with van der Waals surface area (Å²) in [6, 6.07) is 8.45. The highest BCUT2D eigenvalue weighted by atomic mass is 16.5. The molecule has 2 heteroatoms. The van der Waals surface area contributed by atoms with Gasteiger partial charge < -0.3 is 9.47 Å². The summed E-state index contributed by atoms with van der Waals surface area (Å²) in [5.41, 5.74) is 2.68. The van der Waals surface area contributed by atoms with Crippen molar-refractivity contribution in [1.29, 1.82) is 0 Å². The number of hydrogen-bond acceptors (Lipinski definition) is 2. The van der Waals surface area contributed by atoms with Crippen molar-refractivity contribution < 1.29 is 9.47 Å². The van der Waals surface area contributed by atoms with Crippen LogP contribution in [0.5, 0.6) is 0 Å². The first-order valence-corrected chi connectivity index (χ1v) is 5.00. The van der Waals surface area contributed by atoms with Gasteiger partial charge in [-0.25, -0.2) is 0 Å². The van der Waals surface area contributed by atoms with Gasteiger partial charge in [-0.1, -0.05) is 24.3 Å². The third kappa shape index (κ3) is 1.56. The van der Waals surface area contributed by atoms with E-state index in [4.69, 9.17) is 9.47 Å². The van der Waals surface area contributed by atoms with Crippen LogP contribution in [-0.2, 0) is 15.9 Å². The van der Waals surface area contributed by atoms with E-state index < -0.39 is 0 Å². The lowest BCUT2D eigenvalue weighted by Crippen LogP contribution is -2.28. The average Bonchev–Trinajstić information content (AvgIpc) is 2.27. The Labute approximate surface area is 84.8 Å². The highest BCUT2D eigenvalue weighted by molar-refractivity contribution is 5.32. The maximum absolute atomic E-state index is 5.50. The summed E-state index contributed by atoms with van der Waals surface area (Å²) >= 11 is 0. The Balaban J connectivity index is 2.34. The van der Waals surface area contributed by atoms with Crippen molar-refractivity contribution in [3.8, 4) is 0 Å². The predicted octanol–water partition coefficient (Wildman–Crippen LogP) is 2.34. The summed E-state index contributed by atoms with van der Waals surface area (Å²) in [5, 5.41) is 0. The van der Waals surface area contributed by atoms with Crippen LogP contribution in [0.25, 0.3) is 0 Å². The summed E-state index contributed by atoms with van der Waals surface area (Å²) in [7, 11) is 3.50. The van der Waals surface area contributed by atoms with E-state index in [1.807, 2.05) is 0 Å². The predicted molar refractivity (Wildman–Crippen MR) is 55.3 cm³/mol. The van der Waals surface area contributed by atoms with E-state index in [9.17, 15) is 0 Å². The quantitative estimate of drug-likeness (QED) is 0.716. The Morgan fingerprint density at radius 3 is 2.64 bits per heavy atom. The molecule has 0 spiro atoms. The van der Waals surface area contributed by atoms with Crippen LogP contribution in [0, 0.1) is 0 Å². The Hall–Kier alpha value is -0.860. The molecule has 0 N–H and O–H groups in total. The zero-order valence-corrected chi connectivity index (χ0v) is 8.69. The molecular formula is C12H16O2. The first-order valence-electron chi connectivity index (χ1n) is 5.00. The van der Waals surface area contributed by atoms with Crippen LogP contribution in [0.15, 0.2) is 24.3 Å². The molecule has 0 heterocycles. The second kappa shape index (κ2) is 4.11. The molecule has 2 rings (SSSR count). The molecule has 0 aromatic heterocycles. The second-order valence-corrected chi connectivity index (χ2v) is 3.67. The zero-order valence-electron chi connectivity index (χ0n) is 8.69. The molecule has 1 aliphatic carbocycles. The highest BCUT2D eigenvalue weighted by Gasteiger charge is 2.28. The van der Waals surface area contributed by atoms with Crippen molar-refractivity contribution in [2.24, 2.45) is 0 Å². The fourth-order valence-electron chi connectivity index (χ4n) is 2.21. The van der Waals surface area contributed by atoms with Gasteiger partial charge in [0.2, 0.25) is 0 Å². The van der Waals surface area contributed by atoms with E-state index >= 15 is 0 Å². The van der Waals surface area contributed by atoms with E-state index in [1.54, 1.807) is 14.2 Å². The molecule has 2 atom stereocenters. The number of aryl methyl sites for hydroxylation is 1. The van der Waals surface area contributed by atoms with Crippen molar-refractivity contribution in [3.63, 3.8) is 0 Å². The van der Waals surface area contributed by atoms with Crippen LogP contribution >= 0.6 is 0 Å². The molecule has 0 saturated heterocycles. The summed E-state index contributed by atoms with van der Waals surface area (Å²) in [4.78, 5) is 0. The SMILES string of the molecule is COC1CCc2ccccc2C1OC. The zero-order chi connectivity index (χ0) is 9.97. The van der Waals surface area contributed by atoms with Crippen LogP contribution in [-0.4, -0.2) is 20.3 Å². The van der Waals surface area contributed by atoms with Crippen molar-refractivity contribution >= 4 is 0 Å². The molecule has 0 saturated carbocycles. The summed E-state index contributed by atoms with van der Waals surface area (Å²) in [5.74, 6) is 0. The number of fused-ring (bicyclic) bond motifs is 1. The first kappa shape index (κ1) is 9.69. The number of hydrogen-bond donors (Lipinski definition) is 0. The van der Waals surface area contributed by atoms with Gasteiger partial charge in [-0.3, -0.25) is 0 Å². The first-order chi connectivity index (χ1) is 6.86. The van der Waals surface area contributed by atoms with E-state index in [1.165, 1.54) is 11.1 Å². The molecule has 0 aliphatic heterocycles. The van der Waals surface area contributed by atoms with Gasteiger partial charge >= 0.3 is 0 Å². The largest absolute Gasteiger partial charge is 0.378 e. The average molecular weight is 192 g/mol. The molecule has 2 unspecified atom stereocenters. The highest BCUT2D eigenvalue weighted by Crippen LogP contribution is 2.33. The lowest BCUT2D eigenvalue weighted by molar-refractivity contribution is -0.0469. The van der Waals surface area contributed by atoms with Crippen molar-refractivity contribution in [3.05, 3.63) is 35.4 Å². The van der Waals surface area contributed by atoms with E-state index in [0.29, 0.717) is 0 Å². The van der Waals surface area contributed by atoms with Crippen LogP contribution in [0.1, 0.15) is 23.7 Å². The minimum Gasteiger partial charge on any atom is -0.378 e. The fraction of sp³-hybridized carbons (Fsp3) is 0.500. The molecular weight excluding hydrogens is 176 g/mol. The minimum absolute atomic E-state index is 0.102. The number of rotatable bonds is 2. The van der Waals surface area contributed by atoms with Crippen LogP contribution in [0.2, 0.25) is 0 Å². The lowest BCUT2D eigenvalue weighted by Gasteiger charge is -2.31. The standard InChI is InChI=1S/C12H16O2/c1-13-11-8-7-9-5-3-4-6-10(9)12(11)14-2/h3-6,11-12H,7-8H2,1-2H3. The van der Waals surface area contributed by atoms with Crippen LogP contribution in [0.3, 0.4) is 0 Å². The Bertz CT molecular complexity index is 309. The van der Waals surface area contributed by atoms with E-state index in [-0.39, 0.29) is 12.2 Å². The molecule has 0 radical (unpaired) electrons. The molecule has 2 nitrogen and oxygen atoms in total. The van der Waals surface area contributed by atoms with Gasteiger partial charge in [0.05, 0.1) is 6.10 Å². The maximum atomic E-state index is 5.50. The smallest absolute Gasteiger partial charge is 0.108 e. The molecule has 14 heavy (non-hydrogen) atoms. The van der Waals surface area contributed by atoms with Crippen LogP contribution in [0.4, 0.5) is 0 Å². The normalized spacial score (nSPS) is 25.9. The molecule has 1 aromatic carbocycles. The number of methoxy groups -OCH3 is 2. The molecule has 0 bridgehead atoms. The Kier molecular flexibility index (Phi) is 2.85. The Morgan fingerprint density at radius 2 is 1.93 bits per heavy atom. The summed E-state index contributed by atoms with van der Waals surface area (Å²) < 4.78 is 10.9. The van der Waals surface area contributed by atoms with Gasteiger partial charge in [-0.05, 0) is 24.0 Å². The van der Waals surface area contributed by atoms with Gasteiger partial charge in [0, 0.05) is 14.2 Å². The van der Waals surface area contributed by atoms with Gasteiger partial charge in [0.15, 0.2) is 0 Å². The van der Waals surface area contributed by atoms with Gasteiger partial charge in [0.25, 0.3) is 0 Å². The third-order valence-corrected chi connectivity index (χ3v) is 2.95. The topological polar surface area (TPSA) is 18.5 Å². The van der Waals surface area contributed by atoms with Gasteiger partial charge in [0.1, 0.15) is 6.10 Å². The molecule has 0 fully saturated rings. The molecule has 1 aliphatic rings. The third-order valence-electron chi connectivity index (χ3n) is 2.95. The fourth-order valence-corrected chi connectivity index (χ4v) is 2.21. The van der Waals surface area contributed by atoms with Crippen molar-refractivity contribution in [1.82, 2.24) is 0 Å². The minimum atomic E-state index is 0.102. The van der Waals surface area contributed by atoms with E-state index in [0.717, 1.165) is 12.8 Å². The van der Waals surface area contributed by atoms with Crippen LogP contribution < -0.4 is 0 Å².